The molecule has 1 aliphatic rings. The van der Waals surface area contributed by atoms with Gasteiger partial charge in [0, 0.05) is 5.56 Å². The highest BCUT2D eigenvalue weighted by atomic mass is 15.0. The molecule has 1 aliphatic carbocycles. The predicted octanol–water partition coefficient (Wildman–Crippen LogP) is 6.20. The second-order valence-electron chi connectivity index (χ2n) is 9.15. The molecular weight excluding hydrogens is 340 g/mol. The summed E-state index contributed by atoms with van der Waals surface area (Å²) in [4.78, 5) is 4.75. The van der Waals surface area contributed by atoms with Crippen molar-refractivity contribution in [3.8, 4) is 11.3 Å². The van der Waals surface area contributed by atoms with Crippen LogP contribution in [0.2, 0.25) is 0 Å². The molecule has 1 aromatic heterocycles. The van der Waals surface area contributed by atoms with Gasteiger partial charge in [-0.25, -0.2) is 4.57 Å². The molecule has 2 aromatic carbocycles. The minimum atomic E-state index is 0.657. The van der Waals surface area contributed by atoms with Crippen molar-refractivity contribution < 1.29 is 4.57 Å². The van der Waals surface area contributed by atoms with Gasteiger partial charge >= 0.3 is 0 Å². The first kappa shape index (κ1) is 19.1. The Hall–Kier alpha value is -2.22. The van der Waals surface area contributed by atoms with Crippen LogP contribution in [-0.2, 0) is 13.5 Å². The van der Waals surface area contributed by atoms with Crippen molar-refractivity contribution in [2.24, 2.45) is 13.0 Å². The van der Waals surface area contributed by atoms with Crippen LogP contribution in [0.3, 0.4) is 0 Å². The van der Waals surface area contributed by atoms with Gasteiger partial charge in [-0.2, -0.15) is 0 Å². The number of nitrogens with zero attached hydrogens (tertiary/aromatic N) is 2. The molecule has 0 spiro atoms. The SMILES string of the molecule is Cc1cc(C2CCCC2)cc(-c2c3ccc(CC(C)C)cc3nc[n+]2C)c1C. The number of hydrogen-bond donors (Lipinski definition) is 0. The fourth-order valence-electron chi connectivity index (χ4n) is 4.84. The standard InChI is InChI=1S/C26H33N2/c1-17(2)12-20-10-11-23-25(14-20)27-16-28(5)26(23)24-15-22(13-18(3)19(24)4)21-8-6-7-9-21/h10-11,13-17,21H,6-9,12H2,1-5H3/q+1. The lowest BCUT2D eigenvalue weighted by molar-refractivity contribution is -0.662. The second kappa shape index (κ2) is 7.66. The summed E-state index contributed by atoms with van der Waals surface area (Å²) in [6.45, 7) is 9.08. The van der Waals surface area contributed by atoms with Crippen molar-refractivity contribution in [2.45, 2.75) is 65.7 Å². The number of aryl methyl sites for hydroxylation is 2. The maximum atomic E-state index is 4.75. The summed E-state index contributed by atoms with van der Waals surface area (Å²) < 4.78 is 2.20. The van der Waals surface area contributed by atoms with Crippen LogP contribution in [0.1, 0.15) is 67.7 Å². The molecule has 28 heavy (non-hydrogen) atoms. The summed E-state index contributed by atoms with van der Waals surface area (Å²) in [6, 6.07) is 11.7. The zero-order valence-corrected chi connectivity index (χ0v) is 18.0. The average molecular weight is 374 g/mol. The van der Waals surface area contributed by atoms with Crippen LogP contribution in [0.4, 0.5) is 0 Å². The second-order valence-corrected chi connectivity index (χ2v) is 9.15. The van der Waals surface area contributed by atoms with Crippen LogP contribution in [0.25, 0.3) is 22.2 Å². The topological polar surface area (TPSA) is 16.8 Å². The molecule has 1 saturated carbocycles. The van der Waals surface area contributed by atoms with Crippen LogP contribution in [0, 0.1) is 19.8 Å². The lowest BCUT2D eigenvalue weighted by Gasteiger charge is -2.17. The third-order valence-electron chi connectivity index (χ3n) is 6.46. The van der Waals surface area contributed by atoms with E-state index in [1.54, 1.807) is 0 Å². The fourth-order valence-corrected chi connectivity index (χ4v) is 4.84. The van der Waals surface area contributed by atoms with Crippen LogP contribution in [0.15, 0.2) is 36.7 Å². The van der Waals surface area contributed by atoms with Crippen molar-refractivity contribution in [3.05, 3.63) is 58.9 Å². The summed E-state index contributed by atoms with van der Waals surface area (Å²) in [5.41, 5.74) is 9.46. The molecule has 0 atom stereocenters. The number of aromatic nitrogens is 2. The average Bonchev–Trinajstić information content (AvgIpc) is 3.19. The Morgan fingerprint density at radius 3 is 2.54 bits per heavy atom. The van der Waals surface area contributed by atoms with Crippen LogP contribution >= 0.6 is 0 Å². The van der Waals surface area contributed by atoms with Gasteiger partial charge in [0.15, 0.2) is 5.52 Å². The van der Waals surface area contributed by atoms with Gasteiger partial charge in [-0.3, -0.25) is 0 Å². The molecule has 4 rings (SSSR count). The number of rotatable bonds is 4. The highest BCUT2D eigenvalue weighted by Crippen LogP contribution is 2.38. The predicted molar refractivity (Wildman–Crippen MR) is 118 cm³/mol. The Labute approximate surface area is 169 Å². The molecule has 3 aromatic rings. The zero-order chi connectivity index (χ0) is 19.8. The maximum Gasteiger partial charge on any atom is 0.287 e. The summed E-state index contributed by atoms with van der Waals surface area (Å²) in [5, 5.41) is 1.25. The Morgan fingerprint density at radius 2 is 1.82 bits per heavy atom. The fraction of sp³-hybridized carbons (Fsp3) is 0.462. The molecule has 0 saturated heterocycles. The van der Waals surface area contributed by atoms with E-state index in [1.807, 2.05) is 6.33 Å². The first-order valence-corrected chi connectivity index (χ1v) is 10.8. The zero-order valence-electron chi connectivity index (χ0n) is 18.0. The maximum absolute atomic E-state index is 4.75. The van der Waals surface area contributed by atoms with Gasteiger partial charge in [0.1, 0.15) is 5.69 Å². The van der Waals surface area contributed by atoms with E-state index < -0.39 is 0 Å². The lowest BCUT2D eigenvalue weighted by Crippen LogP contribution is -2.32. The molecular formula is C26H33N2+. The van der Waals surface area contributed by atoms with Crippen molar-refractivity contribution in [3.63, 3.8) is 0 Å². The van der Waals surface area contributed by atoms with Gasteiger partial charge < -0.3 is 0 Å². The van der Waals surface area contributed by atoms with E-state index in [0.29, 0.717) is 5.92 Å². The van der Waals surface area contributed by atoms with Gasteiger partial charge in [0.2, 0.25) is 0 Å². The lowest BCUT2D eigenvalue weighted by atomic mass is 9.89. The Balaban J connectivity index is 1.89. The van der Waals surface area contributed by atoms with E-state index in [4.69, 9.17) is 4.98 Å². The van der Waals surface area contributed by atoms with Crippen LogP contribution in [0.5, 0.6) is 0 Å². The van der Waals surface area contributed by atoms with Gasteiger partial charge in [-0.05, 0) is 90.4 Å². The molecule has 0 radical (unpaired) electrons. The molecule has 146 valence electrons. The van der Waals surface area contributed by atoms with E-state index in [0.717, 1.165) is 17.9 Å². The van der Waals surface area contributed by atoms with E-state index in [2.05, 4.69) is 69.6 Å². The molecule has 1 heterocycles. The number of fused-ring (bicyclic) bond motifs is 1. The molecule has 0 aliphatic heterocycles. The summed E-state index contributed by atoms with van der Waals surface area (Å²) >= 11 is 0. The van der Waals surface area contributed by atoms with E-state index in [9.17, 15) is 0 Å². The summed E-state index contributed by atoms with van der Waals surface area (Å²) in [6.07, 6.45) is 8.50. The smallest absolute Gasteiger partial charge is 0.232 e. The van der Waals surface area contributed by atoms with Crippen LogP contribution in [-0.4, -0.2) is 4.98 Å². The first-order chi connectivity index (χ1) is 13.4. The largest absolute Gasteiger partial charge is 0.287 e. The van der Waals surface area contributed by atoms with Crippen LogP contribution < -0.4 is 4.57 Å². The monoisotopic (exact) mass is 373 g/mol. The minimum absolute atomic E-state index is 0.657. The van der Waals surface area contributed by atoms with Crippen molar-refractivity contribution in [1.29, 1.82) is 0 Å². The Bertz CT molecular complexity index is 1010. The van der Waals surface area contributed by atoms with Crippen molar-refractivity contribution >= 4 is 10.9 Å². The normalized spacial score (nSPS) is 15.1. The van der Waals surface area contributed by atoms with E-state index in [1.165, 1.54) is 64.6 Å². The van der Waals surface area contributed by atoms with Gasteiger partial charge in [-0.15, -0.1) is 0 Å². The Kier molecular flexibility index (Phi) is 5.23. The van der Waals surface area contributed by atoms with Crippen molar-refractivity contribution in [1.82, 2.24) is 4.98 Å². The summed E-state index contributed by atoms with van der Waals surface area (Å²) in [7, 11) is 2.13. The Morgan fingerprint density at radius 1 is 1.07 bits per heavy atom. The number of hydrogen-bond acceptors (Lipinski definition) is 1. The van der Waals surface area contributed by atoms with E-state index >= 15 is 0 Å². The highest BCUT2D eigenvalue weighted by molar-refractivity contribution is 5.92. The van der Waals surface area contributed by atoms with E-state index in [-0.39, 0.29) is 0 Å². The molecule has 1 fully saturated rings. The molecule has 0 unspecified atom stereocenters. The molecule has 2 nitrogen and oxygen atoms in total. The summed E-state index contributed by atoms with van der Waals surface area (Å²) in [5.74, 6) is 1.39. The van der Waals surface area contributed by atoms with Gasteiger partial charge in [0.05, 0.1) is 12.4 Å². The third-order valence-corrected chi connectivity index (χ3v) is 6.46. The van der Waals surface area contributed by atoms with Crippen molar-refractivity contribution in [2.75, 3.05) is 0 Å². The highest BCUT2D eigenvalue weighted by Gasteiger charge is 2.22. The molecule has 0 bridgehead atoms. The molecule has 0 amide bonds. The third kappa shape index (κ3) is 3.57. The molecule has 2 heteroatoms. The first-order valence-electron chi connectivity index (χ1n) is 10.8. The van der Waals surface area contributed by atoms with Gasteiger partial charge in [-0.1, -0.05) is 38.8 Å². The minimum Gasteiger partial charge on any atom is -0.232 e. The quantitative estimate of drug-likeness (QED) is 0.498. The van der Waals surface area contributed by atoms with Gasteiger partial charge in [0.25, 0.3) is 6.33 Å². The number of benzene rings is 2. The molecule has 0 N–H and O–H groups in total.